The molecule has 3 rings (SSSR count). The molecule has 0 spiro atoms. The first kappa shape index (κ1) is 12.9. The molecule has 1 unspecified atom stereocenters. The van der Waals surface area contributed by atoms with Crippen molar-refractivity contribution in [2.45, 2.75) is 57.0 Å². The maximum Gasteiger partial charge on any atom is 0.0235 e. The monoisotopic (exact) mass is 251 g/mol. The van der Waals surface area contributed by atoms with Gasteiger partial charge in [-0.1, -0.05) is 12.8 Å². The molecule has 0 aromatic carbocycles. The first-order valence-corrected chi connectivity index (χ1v) is 8.03. The van der Waals surface area contributed by atoms with Crippen LogP contribution >= 0.6 is 0 Å². The van der Waals surface area contributed by atoms with Crippen LogP contribution in [0.15, 0.2) is 0 Å². The third-order valence-electron chi connectivity index (χ3n) is 5.33. The van der Waals surface area contributed by atoms with Crippen molar-refractivity contribution >= 4 is 0 Å². The van der Waals surface area contributed by atoms with Crippen LogP contribution in [0.3, 0.4) is 0 Å². The summed E-state index contributed by atoms with van der Waals surface area (Å²) in [4.78, 5) is 5.44. The summed E-state index contributed by atoms with van der Waals surface area (Å²) in [5.41, 5.74) is 5.99. The summed E-state index contributed by atoms with van der Waals surface area (Å²) in [5.74, 6) is 1.01. The van der Waals surface area contributed by atoms with Gasteiger partial charge in [0.25, 0.3) is 0 Å². The maximum atomic E-state index is 5.99. The van der Waals surface area contributed by atoms with E-state index in [-0.39, 0.29) is 0 Å². The Bertz CT molecular complexity index is 254. The minimum Gasteiger partial charge on any atom is -0.328 e. The van der Waals surface area contributed by atoms with Gasteiger partial charge in [0.1, 0.15) is 0 Å². The largest absolute Gasteiger partial charge is 0.328 e. The summed E-state index contributed by atoms with van der Waals surface area (Å²) >= 11 is 0. The average molecular weight is 251 g/mol. The van der Waals surface area contributed by atoms with E-state index in [9.17, 15) is 0 Å². The van der Waals surface area contributed by atoms with Crippen LogP contribution < -0.4 is 5.73 Å². The van der Waals surface area contributed by atoms with Gasteiger partial charge < -0.3 is 10.6 Å². The lowest BCUT2D eigenvalue weighted by molar-refractivity contribution is 0.149. The lowest BCUT2D eigenvalue weighted by atomic mass is 10.0. The number of nitrogens with two attached hydrogens (primary N) is 1. The topological polar surface area (TPSA) is 32.5 Å². The molecule has 2 aliphatic heterocycles. The van der Waals surface area contributed by atoms with Crippen LogP contribution in [0.2, 0.25) is 0 Å². The van der Waals surface area contributed by atoms with E-state index >= 15 is 0 Å². The van der Waals surface area contributed by atoms with Gasteiger partial charge in [-0.05, 0) is 57.7 Å². The van der Waals surface area contributed by atoms with E-state index in [0.717, 1.165) is 12.0 Å². The molecular formula is C15H29N3. The van der Waals surface area contributed by atoms with Gasteiger partial charge in [-0.3, -0.25) is 4.90 Å². The molecule has 2 N–H and O–H groups in total. The van der Waals surface area contributed by atoms with Gasteiger partial charge in [0.15, 0.2) is 0 Å². The number of piperidine rings is 1. The van der Waals surface area contributed by atoms with E-state index in [4.69, 9.17) is 5.73 Å². The van der Waals surface area contributed by atoms with Crippen molar-refractivity contribution in [2.75, 3.05) is 32.7 Å². The Labute approximate surface area is 112 Å². The van der Waals surface area contributed by atoms with Crippen molar-refractivity contribution in [1.82, 2.24) is 9.80 Å². The van der Waals surface area contributed by atoms with Gasteiger partial charge in [0.05, 0.1) is 0 Å². The quantitative estimate of drug-likeness (QED) is 0.828. The second-order valence-corrected chi connectivity index (χ2v) is 6.73. The molecule has 2 heterocycles. The highest BCUT2D eigenvalue weighted by molar-refractivity contribution is 4.87. The fraction of sp³-hybridized carbons (Fsp3) is 1.00. The Balaban J connectivity index is 1.43. The van der Waals surface area contributed by atoms with Crippen molar-refractivity contribution < 1.29 is 0 Å². The van der Waals surface area contributed by atoms with Crippen LogP contribution in [0.1, 0.15) is 44.9 Å². The standard InChI is InChI=1S/C15H29N3/c16-14-5-9-18(10-6-14)15-7-8-17(12-15)11-13-3-1-2-4-13/h13-15H,1-12,16H2. The minimum atomic E-state index is 0.470. The third kappa shape index (κ3) is 3.06. The molecule has 0 bridgehead atoms. The van der Waals surface area contributed by atoms with E-state index < -0.39 is 0 Å². The summed E-state index contributed by atoms with van der Waals surface area (Å²) in [5, 5.41) is 0. The number of hydrogen-bond acceptors (Lipinski definition) is 3. The molecule has 1 aliphatic carbocycles. The van der Waals surface area contributed by atoms with Crippen molar-refractivity contribution in [3.8, 4) is 0 Å². The molecule has 0 radical (unpaired) electrons. The van der Waals surface area contributed by atoms with Crippen molar-refractivity contribution in [3.05, 3.63) is 0 Å². The molecule has 0 amide bonds. The first-order valence-electron chi connectivity index (χ1n) is 8.03. The highest BCUT2D eigenvalue weighted by atomic mass is 15.3. The minimum absolute atomic E-state index is 0.470. The summed E-state index contributed by atoms with van der Waals surface area (Å²) in [7, 11) is 0. The van der Waals surface area contributed by atoms with E-state index in [1.807, 2.05) is 0 Å². The normalized spacial score (nSPS) is 33.5. The van der Waals surface area contributed by atoms with Crippen molar-refractivity contribution in [2.24, 2.45) is 11.7 Å². The molecule has 3 heteroatoms. The van der Waals surface area contributed by atoms with Crippen molar-refractivity contribution in [1.29, 1.82) is 0 Å². The fourth-order valence-corrected chi connectivity index (χ4v) is 4.12. The third-order valence-corrected chi connectivity index (χ3v) is 5.33. The molecule has 0 aromatic rings. The van der Waals surface area contributed by atoms with E-state index in [2.05, 4.69) is 9.80 Å². The number of likely N-dealkylation sites (tertiary alicyclic amines) is 2. The molecule has 3 fully saturated rings. The fourth-order valence-electron chi connectivity index (χ4n) is 4.12. The van der Waals surface area contributed by atoms with Crippen LogP contribution in [-0.2, 0) is 0 Å². The zero-order chi connectivity index (χ0) is 12.4. The van der Waals surface area contributed by atoms with Crippen molar-refractivity contribution in [3.63, 3.8) is 0 Å². The summed E-state index contributed by atoms with van der Waals surface area (Å²) in [6.07, 6.45) is 9.73. The van der Waals surface area contributed by atoms with Gasteiger partial charge in [-0.15, -0.1) is 0 Å². The molecule has 3 aliphatic rings. The summed E-state index contributed by atoms with van der Waals surface area (Å²) in [6.45, 7) is 6.52. The van der Waals surface area contributed by atoms with Gasteiger partial charge >= 0.3 is 0 Å². The van der Waals surface area contributed by atoms with Crippen LogP contribution in [0.25, 0.3) is 0 Å². The van der Waals surface area contributed by atoms with Crippen LogP contribution in [0.5, 0.6) is 0 Å². The van der Waals surface area contributed by atoms with Gasteiger partial charge in [-0.25, -0.2) is 0 Å². The zero-order valence-electron chi connectivity index (χ0n) is 11.7. The number of nitrogens with zero attached hydrogens (tertiary/aromatic N) is 2. The summed E-state index contributed by atoms with van der Waals surface area (Å²) in [6, 6.07) is 1.30. The second-order valence-electron chi connectivity index (χ2n) is 6.73. The Kier molecular flexibility index (Phi) is 4.22. The molecule has 1 atom stereocenters. The van der Waals surface area contributed by atoms with Crippen LogP contribution in [0.4, 0.5) is 0 Å². The Hall–Kier alpha value is -0.120. The maximum absolute atomic E-state index is 5.99. The molecule has 3 nitrogen and oxygen atoms in total. The lowest BCUT2D eigenvalue weighted by Crippen LogP contribution is -2.46. The highest BCUT2D eigenvalue weighted by Crippen LogP contribution is 2.27. The Morgan fingerprint density at radius 3 is 2.33 bits per heavy atom. The van der Waals surface area contributed by atoms with E-state index in [1.165, 1.54) is 77.7 Å². The number of rotatable bonds is 3. The lowest BCUT2D eigenvalue weighted by Gasteiger charge is -2.34. The molecule has 2 saturated heterocycles. The predicted molar refractivity (Wildman–Crippen MR) is 75.6 cm³/mol. The van der Waals surface area contributed by atoms with Crippen LogP contribution in [0, 0.1) is 5.92 Å². The average Bonchev–Trinajstić information content (AvgIpc) is 3.02. The predicted octanol–water partition coefficient (Wildman–Crippen LogP) is 1.67. The number of hydrogen-bond donors (Lipinski definition) is 1. The SMILES string of the molecule is NC1CCN(C2CCN(CC3CCCC3)C2)CC1. The zero-order valence-corrected chi connectivity index (χ0v) is 11.7. The molecule has 18 heavy (non-hydrogen) atoms. The van der Waals surface area contributed by atoms with Gasteiger partial charge in [-0.2, -0.15) is 0 Å². The second kappa shape index (κ2) is 5.89. The van der Waals surface area contributed by atoms with Gasteiger partial charge in [0, 0.05) is 25.2 Å². The smallest absolute Gasteiger partial charge is 0.0235 e. The van der Waals surface area contributed by atoms with E-state index in [1.54, 1.807) is 0 Å². The Morgan fingerprint density at radius 2 is 1.61 bits per heavy atom. The van der Waals surface area contributed by atoms with E-state index in [0.29, 0.717) is 6.04 Å². The molecule has 1 saturated carbocycles. The molecular weight excluding hydrogens is 222 g/mol. The first-order chi connectivity index (χ1) is 8.81. The molecule has 104 valence electrons. The summed E-state index contributed by atoms with van der Waals surface area (Å²) < 4.78 is 0. The molecule has 0 aromatic heterocycles. The van der Waals surface area contributed by atoms with Crippen LogP contribution in [-0.4, -0.2) is 54.6 Å². The Morgan fingerprint density at radius 1 is 0.889 bits per heavy atom. The van der Waals surface area contributed by atoms with Gasteiger partial charge in [0.2, 0.25) is 0 Å². The highest BCUT2D eigenvalue weighted by Gasteiger charge is 2.31.